The van der Waals surface area contributed by atoms with E-state index in [0.29, 0.717) is 16.8 Å². The number of pyridine rings is 1. The van der Waals surface area contributed by atoms with Crippen LogP contribution in [-0.2, 0) is 18.1 Å². The minimum atomic E-state index is -4.75. The zero-order chi connectivity index (χ0) is 23.4. The van der Waals surface area contributed by atoms with Crippen LogP contribution in [0.4, 0.5) is 17.6 Å². The molecular weight excluding hydrogens is 467 g/mol. The third-order valence-electron chi connectivity index (χ3n) is 5.01. The maximum absolute atomic E-state index is 14.4. The first-order chi connectivity index (χ1) is 15.1. The average Bonchev–Trinajstić information content (AvgIpc) is 2.76. The predicted molar refractivity (Wildman–Crippen MR) is 116 cm³/mol. The van der Waals surface area contributed by atoms with E-state index in [4.69, 9.17) is 23.2 Å². The lowest BCUT2D eigenvalue weighted by molar-refractivity contribution is -0.137. The molecule has 0 unspecified atom stereocenters. The Hall–Kier alpha value is -2.19. The van der Waals surface area contributed by atoms with Crippen LogP contribution >= 0.6 is 23.2 Å². The summed E-state index contributed by atoms with van der Waals surface area (Å²) in [5.74, 6) is -1.14. The summed E-state index contributed by atoms with van der Waals surface area (Å²) in [6.45, 7) is -0.0709. The first-order valence-corrected chi connectivity index (χ1v) is 10.6. The molecule has 0 fully saturated rings. The Kier molecular flexibility index (Phi) is 7.77. The maximum Gasteiger partial charge on any atom is 0.416 e. The third kappa shape index (κ3) is 5.78. The largest absolute Gasteiger partial charge is 0.416 e. The molecule has 2 atom stereocenters. The van der Waals surface area contributed by atoms with Crippen molar-refractivity contribution in [2.24, 2.45) is 0 Å². The molecular formula is C23H20Cl2F4N2O. The summed E-state index contributed by atoms with van der Waals surface area (Å²) in [7, 11) is 0. The molecule has 9 heteroatoms. The molecule has 170 valence electrons. The Labute approximate surface area is 193 Å². The van der Waals surface area contributed by atoms with Gasteiger partial charge in [-0.15, -0.1) is 11.6 Å². The second kappa shape index (κ2) is 10.2. The van der Waals surface area contributed by atoms with Crippen molar-refractivity contribution in [2.45, 2.75) is 24.2 Å². The fraction of sp³-hybridized carbons (Fsp3) is 0.261. The molecule has 0 aliphatic carbocycles. The van der Waals surface area contributed by atoms with E-state index < -0.39 is 29.2 Å². The van der Waals surface area contributed by atoms with Gasteiger partial charge in [0.2, 0.25) is 0 Å². The minimum Gasteiger partial charge on any atom is -0.391 e. The van der Waals surface area contributed by atoms with Gasteiger partial charge in [0.1, 0.15) is 5.82 Å². The van der Waals surface area contributed by atoms with Gasteiger partial charge in [0.15, 0.2) is 0 Å². The highest BCUT2D eigenvalue weighted by molar-refractivity contribution is 6.30. The van der Waals surface area contributed by atoms with Gasteiger partial charge in [-0.2, -0.15) is 13.2 Å². The molecule has 0 amide bonds. The van der Waals surface area contributed by atoms with Crippen molar-refractivity contribution < 1.29 is 22.7 Å². The zero-order valence-electron chi connectivity index (χ0n) is 16.7. The van der Waals surface area contributed by atoms with Gasteiger partial charge < -0.3 is 5.11 Å². The smallest absolute Gasteiger partial charge is 0.391 e. The van der Waals surface area contributed by atoms with E-state index in [-0.39, 0.29) is 24.4 Å². The third-order valence-corrected chi connectivity index (χ3v) is 5.59. The van der Waals surface area contributed by atoms with Gasteiger partial charge in [-0.1, -0.05) is 41.9 Å². The van der Waals surface area contributed by atoms with Crippen molar-refractivity contribution in [2.75, 3.05) is 12.4 Å². The van der Waals surface area contributed by atoms with E-state index in [1.54, 1.807) is 42.5 Å². The van der Waals surface area contributed by atoms with Crippen LogP contribution in [0.15, 0.2) is 66.9 Å². The van der Waals surface area contributed by atoms with Crippen LogP contribution in [0.1, 0.15) is 22.4 Å². The number of aliphatic hydroxyl groups is 1. The van der Waals surface area contributed by atoms with Crippen LogP contribution in [0.2, 0.25) is 5.02 Å². The summed E-state index contributed by atoms with van der Waals surface area (Å²) in [5, 5.41) is 13.5. The molecule has 1 heterocycles. The highest BCUT2D eigenvalue weighted by Gasteiger charge is 2.39. The fourth-order valence-electron chi connectivity index (χ4n) is 3.47. The summed E-state index contributed by atoms with van der Waals surface area (Å²) < 4.78 is 55.0. The number of halogens is 6. The molecule has 2 N–H and O–H groups in total. The van der Waals surface area contributed by atoms with Gasteiger partial charge in [-0.3, -0.25) is 10.3 Å². The Morgan fingerprint density at radius 3 is 2.28 bits per heavy atom. The van der Waals surface area contributed by atoms with Crippen LogP contribution < -0.4 is 5.32 Å². The lowest BCUT2D eigenvalue weighted by Crippen LogP contribution is -2.49. The molecule has 0 aliphatic rings. The van der Waals surface area contributed by atoms with Gasteiger partial charge in [0.05, 0.1) is 27.9 Å². The normalized spacial score (nSPS) is 14.7. The highest BCUT2D eigenvalue weighted by Crippen LogP contribution is 2.37. The lowest BCUT2D eigenvalue weighted by atomic mass is 9.79. The Morgan fingerprint density at radius 2 is 1.69 bits per heavy atom. The second-order valence-electron chi connectivity index (χ2n) is 7.34. The zero-order valence-corrected chi connectivity index (χ0v) is 18.2. The molecule has 1 aromatic heterocycles. The molecule has 0 radical (unpaired) electrons. The topological polar surface area (TPSA) is 45.1 Å². The lowest BCUT2D eigenvalue weighted by Gasteiger charge is -2.36. The number of aliphatic hydroxyl groups excluding tert-OH is 1. The summed E-state index contributed by atoms with van der Waals surface area (Å²) in [4.78, 5) is 4.34. The average molecular weight is 487 g/mol. The quantitative estimate of drug-likeness (QED) is 0.323. The predicted octanol–water partition coefficient (Wildman–Crippen LogP) is 5.57. The molecule has 3 aromatic rings. The van der Waals surface area contributed by atoms with Crippen molar-refractivity contribution >= 4 is 23.2 Å². The number of benzene rings is 2. The van der Waals surface area contributed by atoms with E-state index in [9.17, 15) is 22.7 Å². The highest BCUT2D eigenvalue weighted by atomic mass is 35.5. The van der Waals surface area contributed by atoms with Crippen LogP contribution in [0.5, 0.6) is 0 Å². The van der Waals surface area contributed by atoms with Gasteiger partial charge in [0.25, 0.3) is 0 Å². The van der Waals surface area contributed by atoms with E-state index in [1.165, 1.54) is 6.20 Å². The number of nitrogens with one attached hydrogen (secondary N) is 1. The number of nitrogens with zero attached hydrogens (tertiary/aromatic N) is 1. The van der Waals surface area contributed by atoms with Crippen LogP contribution in [-0.4, -0.2) is 28.6 Å². The Morgan fingerprint density at radius 1 is 1.00 bits per heavy atom. The summed E-state index contributed by atoms with van der Waals surface area (Å²) in [6.07, 6.45) is -4.26. The molecule has 0 saturated heterocycles. The molecule has 0 spiro atoms. The van der Waals surface area contributed by atoms with Crippen molar-refractivity contribution in [3.63, 3.8) is 0 Å². The van der Waals surface area contributed by atoms with Gasteiger partial charge in [0, 0.05) is 25.0 Å². The summed E-state index contributed by atoms with van der Waals surface area (Å²) in [6, 6.07) is 14.5. The number of hydrogen-bond acceptors (Lipinski definition) is 3. The first kappa shape index (κ1) is 24.5. The molecule has 32 heavy (non-hydrogen) atoms. The molecule has 3 rings (SSSR count). The van der Waals surface area contributed by atoms with Crippen molar-refractivity contribution in [3.8, 4) is 0 Å². The minimum absolute atomic E-state index is 0.00488. The standard InChI is InChI=1S/C23H20Cl2F4N2O/c24-12-20(32)14-31-22(11-15-4-2-1-3-5-15,21-7-6-18(25)13-30-21)16-8-17(23(27,28)29)10-19(26)9-16/h1-10,13,20,31-32H,11-12,14H2/t20-,22-/m0/s1. The SMILES string of the molecule is O[C@@H](CCl)CN[C@@](Cc1ccccc1)(c1cc(F)cc(C(F)(F)F)c1)c1ccc(Cl)cn1. The van der Waals surface area contributed by atoms with Crippen molar-refractivity contribution in [1.29, 1.82) is 0 Å². The van der Waals surface area contributed by atoms with E-state index in [2.05, 4.69) is 10.3 Å². The van der Waals surface area contributed by atoms with Crippen LogP contribution in [0.25, 0.3) is 0 Å². The second-order valence-corrected chi connectivity index (χ2v) is 8.09. The van der Waals surface area contributed by atoms with E-state index >= 15 is 0 Å². The molecule has 2 aromatic carbocycles. The van der Waals surface area contributed by atoms with Crippen molar-refractivity contribution in [3.05, 3.63) is 100 Å². The van der Waals surface area contributed by atoms with E-state index in [1.807, 2.05) is 0 Å². The summed E-state index contributed by atoms with van der Waals surface area (Å²) >= 11 is 11.7. The first-order valence-electron chi connectivity index (χ1n) is 9.67. The van der Waals surface area contributed by atoms with Gasteiger partial charge in [-0.05, 0) is 41.5 Å². The molecule has 0 saturated carbocycles. The Balaban J connectivity index is 2.26. The monoisotopic (exact) mass is 486 g/mol. The Bertz CT molecular complexity index is 1030. The fourth-order valence-corrected chi connectivity index (χ4v) is 3.69. The van der Waals surface area contributed by atoms with Gasteiger partial charge in [-0.25, -0.2) is 4.39 Å². The van der Waals surface area contributed by atoms with E-state index in [0.717, 1.165) is 17.7 Å². The number of rotatable bonds is 8. The van der Waals surface area contributed by atoms with Gasteiger partial charge >= 0.3 is 6.18 Å². The van der Waals surface area contributed by atoms with Crippen LogP contribution in [0.3, 0.4) is 0 Å². The molecule has 3 nitrogen and oxygen atoms in total. The number of alkyl halides is 4. The summed E-state index contributed by atoms with van der Waals surface area (Å²) in [5.41, 5.74) is -1.47. The molecule has 0 aliphatic heterocycles. The van der Waals surface area contributed by atoms with Crippen molar-refractivity contribution in [1.82, 2.24) is 10.3 Å². The molecule has 0 bridgehead atoms. The maximum atomic E-state index is 14.4. The number of aromatic nitrogens is 1. The van der Waals surface area contributed by atoms with Crippen LogP contribution in [0, 0.1) is 5.82 Å². The number of hydrogen-bond donors (Lipinski definition) is 2.